The van der Waals surface area contributed by atoms with Crippen molar-refractivity contribution in [3.05, 3.63) is 156 Å². The molecule has 0 saturated heterocycles. The third kappa shape index (κ3) is 2.84. The molecule has 0 saturated carbocycles. The third-order valence-corrected chi connectivity index (χ3v) is 7.92. The molecule has 7 aromatic rings. The molecule has 178 valence electrons. The van der Waals surface area contributed by atoms with Gasteiger partial charge in [-0.3, -0.25) is 4.98 Å². The Balaban J connectivity index is 1.49. The van der Waals surface area contributed by atoms with Crippen LogP contribution in [0.5, 0.6) is 0 Å². The van der Waals surface area contributed by atoms with Crippen molar-refractivity contribution in [2.75, 3.05) is 0 Å². The van der Waals surface area contributed by atoms with Gasteiger partial charge in [-0.15, -0.1) is 0 Å². The molecule has 1 aliphatic rings. The Morgan fingerprint density at radius 2 is 1.32 bits per heavy atom. The van der Waals surface area contributed by atoms with Crippen LogP contribution < -0.4 is 0 Å². The first-order chi connectivity index (χ1) is 18.8. The molecule has 3 heteroatoms. The quantitative estimate of drug-likeness (QED) is 0.253. The number of pyridine rings is 1. The Labute approximate surface area is 220 Å². The molecule has 1 atom stereocenters. The Hall–Kier alpha value is -5.02. The summed E-state index contributed by atoms with van der Waals surface area (Å²) in [5.74, 6) is 1.00. The van der Waals surface area contributed by atoms with Crippen LogP contribution in [0.1, 0.15) is 16.7 Å². The fourth-order valence-electron chi connectivity index (χ4n) is 6.24. The van der Waals surface area contributed by atoms with Crippen LogP contribution in [0, 0.1) is 0 Å². The van der Waals surface area contributed by atoms with Crippen LogP contribution in [0.3, 0.4) is 0 Å². The first-order valence-electron chi connectivity index (χ1n) is 12.9. The highest BCUT2D eigenvalue weighted by atomic mass is 15.2. The van der Waals surface area contributed by atoms with E-state index in [1.54, 1.807) is 0 Å². The lowest BCUT2D eigenvalue weighted by atomic mass is 9.76. The summed E-state index contributed by atoms with van der Waals surface area (Å²) in [5.41, 5.74) is 8.81. The van der Waals surface area contributed by atoms with Gasteiger partial charge in [-0.25, -0.2) is 4.98 Å². The zero-order valence-corrected chi connectivity index (χ0v) is 20.6. The van der Waals surface area contributed by atoms with Gasteiger partial charge in [0.2, 0.25) is 0 Å². The maximum Gasteiger partial charge on any atom is 0.142 e. The van der Waals surface area contributed by atoms with Crippen LogP contribution >= 0.6 is 0 Å². The summed E-state index contributed by atoms with van der Waals surface area (Å²) in [4.78, 5) is 9.50. The van der Waals surface area contributed by atoms with Crippen molar-refractivity contribution in [3.8, 4) is 22.5 Å². The van der Waals surface area contributed by atoms with E-state index in [0.29, 0.717) is 0 Å². The fraction of sp³-hybridized carbons (Fsp3) is 0.0286. The summed E-state index contributed by atoms with van der Waals surface area (Å²) >= 11 is 0. The molecule has 38 heavy (non-hydrogen) atoms. The van der Waals surface area contributed by atoms with Gasteiger partial charge in [0.1, 0.15) is 11.4 Å². The van der Waals surface area contributed by atoms with E-state index in [2.05, 4.69) is 137 Å². The molecule has 3 heterocycles. The second-order valence-electron chi connectivity index (χ2n) is 9.90. The van der Waals surface area contributed by atoms with Gasteiger partial charge in [0, 0.05) is 23.3 Å². The maximum atomic E-state index is 5.16. The highest BCUT2D eigenvalue weighted by Crippen LogP contribution is 2.53. The van der Waals surface area contributed by atoms with Crippen LogP contribution in [0.4, 0.5) is 0 Å². The minimum absolute atomic E-state index is 0.575. The molecule has 2 aromatic heterocycles. The Kier molecular flexibility index (Phi) is 4.44. The monoisotopic (exact) mass is 485 g/mol. The molecule has 0 spiro atoms. The van der Waals surface area contributed by atoms with Crippen LogP contribution in [0.15, 0.2) is 140 Å². The Morgan fingerprint density at radius 1 is 0.579 bits per heavy atom. The average Bonchev–Trinajstić information content (AvgIpc) is 3.51. The van der Waals surface area contributed by atoms with E-state index < -0.39 is 5.54 Å². The number of nitrogens with zero attached hydrogens (tertiary/aromatic N) is 3. The van der Waals surface area contributed by atoms with E-state index in [1.807, 2.05) is 12.4 Å². The first kappa shape index (κ1) is 21.1. The number of hydrogen-bond donors (Lipinski definition) is 0. The summed E-state index contributed by atoms with van der Waals surface area (Å²) in [6.07, 6.45) is 3.80. The number of hydrogen-bond acceptors (Lipinski definition) is 2. The minimum Gasteiger partial charge on any atom is -0.305 e. The molecule has 0 N–H and O–H groups in total. The van der Waals surface area contributed by atoms with Crippen molar-refractivity contribution in [1.82, 2.24) is 14.5 Å². The van der Waals surface area contributed by atoms with Gasteiger partial charge in [-0.05, 0) is 57.5 Å². The minimum atomic E-state index is -0.575. The maximum absolute atomic E-state index is 5.16. The normalized spacial score (nSPS) is 16.0. The van der Waals surface area contributed by atoms with E-state index in [1.165, 1.54) is 38.8 Å². The molecule has 0 amide bonds. The van der Waals surface area contributed by atoms with Crippen molar-refractivity contribution in [2.24, 2.45) is 0 Å². The summed E-state index contributed by atoms with van der Waals surface area (Å²) in [6.45, 7) is 0. The van der Waals surface area contributed by atoms with Crippen molar-refractivity contribution in [1.29, 1.82) is 0 Å². The molecule has 8 rings (SSSR count). The zero-order valence-electron chi connectivity index (χ0n) is 20.6. The number of imidazole rings is 1. The molecule has 0 fully saturated rings. The summed E-state index contributed by atoms with van der Waals surface area (Å²) in [5, 5.41) is 2.31. The van der Waals surface area contributed by atoms with E-state index in [4.69, 9.17) is 4.98 Å². The number of para-hydroxylation sites is 2. The Morgan fingerprint density at radius 3 is 2.21 bits per heavy atom. The van der Waals surface area contributed by atoms with E-state index in [-0.39, 0.29) is 0 Å². The van der Waals surface area contributed by atoms with Crippen molar-refractivity contribution in [3.63, 3.8) is 0 Å². The van der Waals surface area contributed by atoms with Crippen molar-refractivity contribution >= 4 is 21.8 Å². The standard InChI is InChI=1S/C35H23N3/c1-2-8-24(9-3-1)25-14-17-28(18-15-25)35(29-19-16-27-23-36-21-20-26(27)22-29)31-11-5-4-10-30(31)34-37-32-12-6-7-13-33(32)38(34)35/h1-23H. The van der Waals surface area contributed by atoms with Crippen LogP contribution in [-0.2, 0) is 5.54 Å². The van der Waals surface area contributed by atoms with Crippen molar-refractivity contribution in [2.45, 2.75) is 5.54 Å². The van der Waals surface area contributed by atoms with Gasteiger partial charge in [0.05, 0.1) is 11.0 Å². The number of benzene rings is 5. The lowest BCUT2D eigenvalue weighted by Gasteiger charge is -2.35. The van der Waals surface area contributed by atoms with Gasteiger partial charge in [-0.1, -0.05) is 103 Å². The fourth-order valence-corrected chi connectivity index (χ4v) is 6.24. The lowest BCUT2D eigenvalue weighted by molar-refractivity contribution is 0.560. The lowest BCUT2D eigenvalue weighted by Crippen LogP contribution is -2.34. The average molecular weight is 486 g/mol. The zero-order chi connectivity index (χ0) is 25.1. The van der Waals surface area contributed by atoms with Crippen LogP contribution in [0.25, 0.3) is 44.3 Å². The summed E-state index contributed by atoms with van der Waals surface area (Å²) < 4.78 is 2.45. The summed E-state index contributed by atoms with van der Waals surface area (Å²) in [7, 11) is 0. The van der Waals surface area contributed by atoms with Gasteiger partial charge < -0.3 is 4.57 Å². The molecule has 1 aliphatic heterocycles. The molecular formula is C35H23N3. The molecule has 5 aromatic carbocycles. The van der Waals surface area contributed by atoms with Crippen molar-refractivity contribution < 1.29 is 0 Å². The molecule has 0 radical (unpaired) electrons. The summed E-state index contributed by atoms with van der Waals surface area (Å²) in [6, 6.07) is 45.7. The van der Waals surface area contributed by atoms with E-state index in [9.17, 15) is 0 Å². The van der Waals surface area contributed by atoms with Gasteiger partial charge >= 0.3 is 0 Å². The molecule has 0 aliphatic carbocycles. The topological polar surface area (TPSA) is 30.7 Å². The second kappa shape index (κ2) is 7.99. The predicted molar refractivity (Wildman–Crippen MR) is 154 cm³/mol. The smallest absolute Gasteiger partial charge is 0.142 e. The first-order valence-corrected chi connectivity index (χ1v) is 12.9. The number of aromatic nitrogens is 3. The molecule has 3 nitrogen and oxygen atoms in total. The van der Waals surface area contributed by atoms with Gasteiger partial charge in [0.25, 0.3) is 0 Å². The van der Waals surface area contributed by atoms with E-state index in [0.717, 1.165) is 22.2 Å². The van der Waals surface area contributed by atoms with Gasteiger partial charge in [0.15, 0.2) is 0 Å². The second-order valence-corrected chi connectivity index (χ2v) is 9.90. The number of fused-ring (bicyclic) bond motifs is 6. The largest absolute Gasteiger partial charge is 0.305 e. The number of rotatable bonds is 3. The molecule has 1 unspecified atom stereocenters. The van der Waals surface area contributed by atoms with Crippen LogP contribution in [0.2, 0.25) is 0 Å². The predicted octanol–water partition coefficient (Wildman–Crippen LogP) is 8.07. The van der Waals surface area contributed by atoms with Crippen LogP contribution in [-0.4, -0.2) is 14.5 Å². The molecular weight excluding hydrogens is 462 g/mol. The Bertz CT molecular complexity index is 1970. The highest BCUT2D eigenvalue weighted by Gasteiger charge is 2.47. The molecule has 0 bridgehead atoms. The van der Waals surface area contributed by atoms with Gasteiger partial charge in [-0.2, -0.15) is 0 Å². The van der Waals surface area contributed by atoms with E-state index >= 15 is 0 Å². The third-order valence-electron chi connectivity index (χ3n) is 7.92. The highest BCUT2D eigenvalue weighted by molar-refractivity contribution is 5.89. The SMILES string of the molecule is c1ccc(-c2ccc(C3(c4ccc5cnccc5c4)c4ccccc4-c4nc5ccccc5n43)cc2)cc1.